The van der Waals surface area contributed by atoms with Gasteiger partial charge in [0.1, 0.15) is 36.7 Å². The molecule has 1 aromatic rings. The number of carbonyl (C=O) groups is 1. The Hall–Kier alpha value is -1.63. The van der Waals surface area contributed by atoms with Crippen molar-refractivity contribution < 1.29 is 68.5 Å². The van der Waals surface area contributed by atoms with Crippen LogP contribution in [-0.2, 0) is 23.0 Å². The number of aliphatic hydroxyl groups excluding tert-OH is 7. The molecular weight excluding hydrogens is 538 g/mol. The second kappa shape index (κ2) is 17.0. The van der Waals surface area contributed by atoms with Crippen LogP contribution in [-0.4, -0.2) is 111 Å². The Bertz CT molecular complexity index is 958. The average Bonchev–Trinajstić information content (AvgIpc) is 3.19. The third kappa shape index (κ3) is 11.6. The Morgan fingerprint density at radius 2 is 1.72 bits per heavy atom. The molecule has 0 saturated carbocycles. The number of aliphatic hydroxyl groups is 7. The molecule has 0 aliphatic carbocycles. The third-order valence-corrected chi connectivity index (χ3v) is 5.83. The zero-order valence-electron chi connectivity index (χ0n) is 18.6. The van der Waals surface area contributed by atoms with Crippen molar-refractivity contribution >= 4 is 22.8 Å². The van der Waals surface area contributed by atoms with E-state index in [1.807, 2.05) is 0 Å². The Kier molecular flexibility index (Phi) is 16.2. The molecule has 1 saturated heterocycles. The molecule has 0 aromatic carbocycles. The lowest BCUT2D eigenvalue weighted by Gasteiger charge is -2.22. The van der Waals surface area contributed by atoms with Crippen molar-refractivity contribution in [2.75, 3.05) is 13.2 Å². The number of aryl methyl sites for hydroxylation is 1. The van der Waals surface area contributed by atoms with Crippen LogP contribution < -0.4 is 11.2 Å². The number of hydrogen-bond donors (Lipinski definition) is 10. The molecule has 1 fully saturated rings. The van der Waals surface area contributed by atoms with Crippen molar-refractivity contribution in [3.8, 4) is 0 Å². The first kappa shape index (κ1) is 34.4. The van der Waals surface area contributed by atoms with E-state index in [1.54, 1.807) is 6.92 Å². The number of carbonyl (C=O) groups excluding carboxylic acids is 1. The Balaban J connectivity index is 0.000000564. The van der Waals surface area contributed by atoms with Crippen molar-refractivity contribution in [3.05, 3.63) is 32.6 Å². The van der Waals surface area contributed by atoms with E-state index < -0.39 is 77.2 Å². The van der Waals surface area contributed by atoms with Crippen LogP contribution >= 0.6 is 16.5 Å². The van der Waals surface area contributed by atoms with Gasteiger partial charge in [0.2, 0.25) is 0 Å². The molecule has 1 aromatic heterocycles. The molecule has 0 radical (unpaired) electrons. The first-order chi connectivity index (χ1) is 16.7. The largest absolute Gasteiger partial charge is 0.394 e. The van der Waals surface area contributed by atoms with E-state index in [2.05, 4.69) is 9.29 Å². The van der Waals surface area contributed by atoms with Crippen LogP contribution in [0.5, 0.6) is 0 Å². The smallest absolute Gasteiger partial charge is 0.330 e. The fraction of sp³-hybridized carbons (Fsp3) is 0.688. The Morgan fingerprint density at radius 1 is 1.17 bits per heavy atom. The number of aldehydes is 1. The van der Waals surface area contributed by atoms with Crippen molar-refractivity contribution in [1.82, 2.24) is 9.55 Å². The molecule has 2 heterocycles. The zero-order valence-corrected chi connectivity index (χ0v) is 20.6. The molecule has 1 aliphatic rings. The SMILES string of the molecule is Cc1cn([C@H]2C[C@H](O)[C@@H](CO)O2)c(=O)[nH]c1=O.O=CC(O)C(O)C(O)C(O)CO.O=[PH](O)O[PH](=O)O. The van der Waals surface area contributed by atoms with E-state index in [0.717, 1.165) is 0 Å². The van der Waals surface area contributed by atoms with Crippen LogP contribution in [0.25, 0.3) is 0 Å². The first-order valence-electron chi connectivity index (χ1n) is 9.88. The van der Waals surface area contributed by atoms with E-state index in [1.165, 1.54) is 10.8 Å². The van der Waals surface area contributed by atoms with Crippen LogP contribution in [0, 0.1) is 6.92 Å². The number of H-pyrrole nitrogens is 1. The van der Waals surface area contributed by atoms with E-state index in [4.69, 9.17) is 45.2 Å². The number of ether oxygens (including phenoxy) is 1. The number of aromatic nitrogens is 2. The highest BCUT2D eigenvalue weighted by atomic mass is 31.2. The fourth-order valence-electron chi connectivity index (χ4n) is 2.54. The number of nitrogens with one attached hydrogen (secondary N) is 1. The lowest BCUT2D eigenvalue weighted by atomic mass is 10.0. The summed E-state index contributed by atoms with van der Waals surface area (Å²) in [5.74, 6) is 0. The molecular formula is C16H30N2O16P2. The molecule has 0 bridgehead atoms. The van der Waals surface area contributed by atoms with E-state index >= 15 is 0 Å². The lowest BCUT2D eigenvalue weighted by Crippen LogP contribution is -2.46. The Labute approximate surface area is 203 Å². The number of nitrogens with zero attached hydrogens (tertiary/aromatic N) is 1. The van der Waals surface area contributed by atoms with Gasteiger partial charge in [0, 0.05) is 18.2 Å². The normalized spacial score (nSPS) is 24.1. The first-order valence-corrected chi connectivity index (χ1v) is 12.4. The number of hydrogen-bond acceptors (Lipinski definition) is 14. The summed E-state index contributed by atoms with van der Waals surface area (Å²) in [7, 11) is -6.40. The van der Waals surface area contributed by atoms with Gasteiger partial charge in [-0.2, -0.15) is 0 Å². The molecule has 0 amide bonds. The highest BCUT2D eigenvalue weighted by Crippen LogP contribution is 2.30. The summed E-state index contributed by atoms with van der Waals surface area (Å²) in [6.45, 7) is 0.502. The minimum Gasteiger partial charge on any atom is -0.394 e. The predicted octanol–water partition coefficient (Wildman–Crippen LogP) is -5.13. The van der Waals surface area contributed by atoms with Crippen LogP contribution in [0.3, 0.4) is 0 Å². The fourth-order valence-corrected chi connectivity index (χ4v) is 3.14. The topological polar surface area (TPSA) is 307 Å². The van der Waals surface area contributed by atoms with Gasteiger partial charge < -0.3 is 55.1 Å². The van der Waals surface area contributed by atoms with E-state index in [9.17, 15) is 28.6 Å². The van der Waals surface area contributed by atoms with Crippen LogP contribution in [0.2, 0.25) is 0 Å². The van der Waals surface area contributed by atoms with Gasteiger partial charge >= 0.3 is 22.2 Å². The Morgan fingerprint density at radius 3 is 2.11 bits per heavy atom. The minimum absolute atomic E-state index is 0.0258. The van der Waals surface area contributed by atoms with Gasteiger partial charge in [0.25, 0.3) is 5.56 Å². The van der Waals surface area contributed by atoms with Gasteiger partial charge in [0.15, 0.2) is 6.29 Å². The molecule has 0 spiro atoms. The van der Waals surface area contributed by atoms with Gasteiger partial charge in [-0.3, -0.25) is 23.5 Å². The molecule has 2 rings (SSSR count). The summed E-state index contributed by atoms with van der Waals surface area (Å²) >= 11 is 0. The molecule has 20 heteroatoms. The van der Waals surface area contributed by atoms with Crippen LogP contribution in [0.15, 0.2) is 15.8 Å². The minimum atomic E-state index is -3.20. The maximum Gasteiger partial charge on any atom is 0.330 e. The van der Waals surface area contributed by atoms with Crippen LogP contribution in [0.4, 0.5) is 0 Å². The standard InChI is InChI=1S/C10H14N2O5.C6H12O6.H4O5P2/c1-5-3-12(10(16)11-9(5)15)8-2-6(14)7(4-13)17-8;7-1-3(9)5(11)6(12)4(10)2-8;1-6(2)5-7(3)4/h3,6-8,13-14H,2,4H2,1H3,(H,11,15,16);1,3-6,8-12H,2H2;6-7H,(H,1,2)(H,3,4)/t6-,7+,8+;;/m0../s1. The summed E-state index contributed by atoms with van der Waals surface area (Å²) in [6.07, 6.45) is -7.42. The summed E-state index contributed by atoms with van der Waals surface area (Å²) in [6, 6.07) is 0. The van der Waals surface area contributed by atoms with Gasteiger partial charge in [-0.1, -0.05) is 0 Å². The quantitative estimate of drug-likeness (QED) is 0.0983. The summed E-state index contributed by atoms with van der Waals surface area (Å²) in [5.41, 5.74) is -0.643. The average molecular weight is 568 g/mol. The maximum absolute atomic E-state index is 11.6. The molecule has 18 nitrogen and oxygen atoms in total. The van der Waals surface area contributed by atoms with Gasteiger partial charge in [-0.25, -0.2) is 9.11 Å². The van der Waals surface area contributed by atoms with Gasteiger partial charge in [-0.05, 0) is 6.92 Å². The van der Waals surface area contributed by atoms with Gasteiger partial charge in [-0.15, -0.1) is 0 Å². The highest BCUT2D eigenvalue weighted by Gasteiger charge is 2.35. The van der Waals surface area contributed by atoms with Crippen molar-refractivity contribution in [2.45, 2.75) is 56.2 Å². The molecule has 6 unspecified atom stereocenters. The third-order valence-electron chi connectivity index (χ3n) is 4.44. The maximum atomic E-state index is 11.6. The second-order valence-electron chi connectivity index (χ2n) is 7.09. The van der Waals surface area contributed by atoms with Gasteiger partial charge in [0.05, 0.1) is 19.3 Å². The van der Waals surface area contributed by atoms with Crippen molar-refractivity contribution in [2.24, 2.45) is 0 Å². The van der Waals surface area contributed by atoms with E-state index in [0.29, 0.717) is 5.56 Å². The molecule has 9 atom stereocenters. The molecule has 36 heavy (non-hydrogen) atoms. The van der Waals surface area contributed by atoms with E-state index in [-0.39, 0.29) is 19.3 Å². The predicted molar refractivity (Wildman–Crippen MR) is 118 cm³/mol. The van der Waals surface area contributed by atoms with Crippen molar-refractivity contribution in [3.63, 3.8) is 0 Å². The highest BCUT2D eigenvalue weighted by molar-refractivity contribution is 7.46. The number of rotatable bonds is 9. The lowest BCUT2D eigenvalue weighted by molar-refractivity contribution is -0.136. The molecule has 1 aliphatic heterocycles. The molecule has 210 valence electrons. The summed E-state index contributed by atoms with van der Waals surface area (Å²) in [5, 5.41) is 62.0. The number of aromatic amines is 1. The monoisotopic (exact) mass is 568 g/mol. The van der Waals surface area contributed by atoms with Crippen LogP contribution in [0.1, 0.15) is 18.2 Å². The van der Waals surface area contributed by atoms with Crippen molar-refractivity contribution in [1.29, 1.82) is 0 Å². The second-order valence-corrected chi connectivity index (χ2v) is 8.97. The summed E-state index contributed by atoms with van der Waals surface area (Å²) in [4.78, 5) is 50.2. The zero-order chi connectivity index (χ0) is 28.2. The summed E-state index contributed by atoms with van der Waals surface area (Å²) < 4.78 is 28.9. The molecule has 10 N–H and O–H groups in total.